The van der Waals surface area contributed by atoms with Crippen molar-refractivity contribution >= 4 is 0 Å². The van der Waals surface area contributed by atoms with E-state index in [1.54, 1.807) is 0 Å². The molecule has 1 heterocycles. The highest BCUT2D eigenvalue weighted by atomic mass is 16.5. The fourth-order valence-electron chi connectivity index (χ4n) is 2.15. The average molecular weight is 218 g/mol. The summed E-state index contributed by atoms with van der Waals surface area (Å²) in [5.74, 6) is 1.70. The first kappa shape index (κ1) is 11.5. The van der Waals surface area contributed by atoms with Crippen molar-refractivity contribution in [2.75, 3.05) is 26.2 Å². The molecule has 0 N–H and O–H groups in total. The van der Waals surface area contributed by atoms with Crippen molar-refractivity contribution in [3.63, 3.8) is 0 Å². The third-order valence-electron chi connectivity index (χ3n) is 3.33. The highest BCUT2D eigenvalue weighted by Crippen LogP contribution is 2.18. The molecular weight excluding hydrogens is 198 g/mol. The van der Waals surface area contributed by atoms with Crippen LogP contribution in [-0.4, -0.2) is 31.1 Å². The van der Waals surface area contributed by atoms with Crippen LogP contribution >= 0.6 is 0 Å². The standard InChI is InChI=1S/C14H20NO/c1-2-15-10-8-13(9-11-15)12-16-14-6-4-3-5-7-14/h4-7,13H,2,8-12H2,1H3. The van der Waals surface area contributed by atoms with E-state index >= 15 is 0 Å². The minimum Gasteiger partial charge on any atom is -0.493 e. The third-order valence-corrected chi connectivity index (χ3v) is 3.33. The fraction of sp³-hybridized carbons (Fsp3) is 0.571. The minimum atomic E-state index is 0.729. The van der Waals surface area contributed by atoms with Gasteiger partial charge in [0.05, 0.1) is 6.61 Å². The Kier molecular flexibility index (Phi) is 4.23. The Hall–Kier alpha value is -1.02. The molecule has 1 aromatic carbocycles. The van der Waals surface area contributed by atoms with Gasteiger partial charge in [0.15, 0.2) is 0 Å². The summed E-state index contributed by atoms with van der Waals surface area (Å²) < 4.78 is 5.78. The topological polar surface area (TPSA) is 12.5 Å². The molecule has 1 aromatic rings. The van der Waals surface area contributed by atoms with Crippen LogP contribution in [0.1, 0.15) is 19.8 Å². The van der Waals surface area contributed by atoms with E-state index in [2.05, 4.69) is 17.9 Å². The first-order valence-electron chi connectivity index (χ1n) is 6.19. The third kappa shape index (κ3) is 3.24. The molecule has 1 radical (unpaired) electrons. The van der Waals surface area contributed by atoms with Gasteiger partial charge in [-0.3, -0.25) is 0 Å². The Morgan fingerprint density at radius 2 is 2.00 bits per heavy atom. The van der Waals surface area contributed by atoms with Crippen LogP contribution in [0.3, 0.4) is 0 Å². The van der Waals surface area contributed by atoms with Crippen LogP contribution in [0.2, 0.25) is 0 Å². The Labute approximate surface area is 98.2 Å². The van der Waals surface area contributed by atoms with E-state index in [0.717, 1.165) is 18.3 Å². The van der Waals surface area contributed by atoms with Gasteiger partial charge < -0.3 is 9.64 Å². The van der Waals surface area contributed by atoms with Gasteiger partial charge in [-0.05, 0) is 56.6 Å². The molecule has 0 aromatic heterocycles. The van der Waals surface area contributed by atoms with Gasteiger partial charge >= 0.3 is 0 Å². The Balaban J connectivity index is 1.72. The second kappa shape index (κ2) is 5.90. The number of likely N-dealkylation sites (tertiary alicyclic amines) is 1. The molecule has 0 amide bonds. The smallest absolute Gasteiger partial charge is 0.119 e. The molecule has 0 saturated carbocycles. The largest absolute Gasteiger partial charge is 0.493 e. The fourth-order valence-corrected chi connectivity index (χ4v) is 2.15. The van der Waals surface area contributed by atoms with Crippen molar-refractivity contribution < 1.29 is 4.74 Å². The quantitative estimate of drug-likeness (QED) is 0.770. The first-order chi connectivity index (χ1) is 7.88. The van der Waals surface area contributed by atoms with Gasteiger partial charge in [0, 0.05) is 0 Å². The molecule has 1 saturated heterocycles. The molecule has 1 aliphatic heterocycles. The molecule has 2 heteroatoms. The highest BCUT2D eigenvalue weighted by Gasteiger charge is 2.18. The van der Waals surface area contributed by atoms with E-state index < -0.39 is 0 Å². The van der Waals surface area contributed by atoms with Crippen LogP contribution in [0.4, 0.5) is 0 Å². The Morgan fingerprint density at radius 1 is 1.31 bits per heavy atom. The summed E-state index contributed by atoms with van der Waals surface area (Å²) >= 11 is 0. The molecule has 2 nitrogen and oxygen atoms in total. The number of benzene rings is 1. The molecule has 0 unspecified atom stereocenters. The molecule has 0 aliphatic carbocycles. The summed E-state index contributed by atoms with van der Waals surface area (Å²) in [5.41, 5.74) is 0. The summed E-state index contributed by atoms with van der Waals surface area (Å²) in [5, 5.41) is 0. The van der Waals surface area contributed by atoms with Gasteiger partial charge in [0.25, 0.3) is 0 Å². The normalized spacial score (nSPS) is 18.6. The lowest BCUT2D eigenvalue weighted by Crippen LogP contribution is -2.35. The van der Waals surface area contributed by atoms with Crippen LogP contribution in [0.5, 0.6) is 5.75 Å². The first-order valence-corrected chi connectivity index (χ1v) is 6.19. The SMILES string of the molecule is CCN1CCC(COc2cc[c]cc2)CC1. The van der Waals surface area contributed by atoms with Crippen molar-refractivity contribution in [1.29, 1.82) is 0 Å². The molecule has 2 rings (SSSR count). The number of hydrogen-bond acceptors (Lipinski definition) is 2. The predicted octanol–water partition coefficient (Wildman–Crippen LogP) is 2.60. The summed E-state index contributed by atoms with van der Waals surface area (Å²) in [6, 6.07) is 10.7. The number of rotatable bonds is 4. The maximum atomic E-state index is 5.78. The molecule has 87 valence electrons. The van der Waals surface area contributed by atoms with E-state index in [1.165, 1.54) is 32.5 Å². The average Bonchev–Trinajstić information content (AvgIpc) is 2.38. The van der Waals surface area contributed by atoms with E-state index in [4.69, 9.17) is 4.74 Å². The Morgan fingerprint density at radius 3 is 2.62 bits per heavy atom. The zero-order valence-electron chi connectivity index (χ0n) is 9.98. The maximum absolute atomic E-state index is 5.78. The van der Waals surface area contributed by atoms with Crippen molar-refractivity contribution in [1.82, 2.24) is 4.90 Å². The van der Waals surface area contributed by atoms with Gasteiger partial charge in [0.1, 0.15) is 5.75 Å². The van der Waals surface area contributed by atoms with E-state index in [-0.39, 0.29) is 0 Å². The van der Waals surface area contributed by atoms with E-state index in [1.807, 2.05) is 24.3 Å². The molecular formula is C14H20NO. The number of hydrogen-bond donors (Lipinski definition) is 0. The van der Waals surface area contributed by atoms with E-state index in [9.17, 15) is 0 Å². The molecule has 0 bridgehead atoms. The molecule has 0 spiro atoms. The second-order valence-electron chi connectivity index (χ2n) is 4.42. The van der Waals surface area contributed by atoms with Gasteiger partial charge in [-0.15, -0.1) is 0 Å². The lowest BCUT2D eigenvalue weighted by molar-refractivity contribution is 0.146. The Bertz CT molecular complexity index is 291. The zero-order chi connectivity index (χ0) is 11.2. The summed E-state index contributed by atoms with van der Waals surface area (Å²) in [4.78, 5) is 2.51. The van der Waals surface area contributed by atoms with Gasteiger partial charge in [-0.25, -0.2) is 0 Å². The van der Waals surface area contributed by atoms with Crippen LogP contribution in [-0.2, 0) is 0 Å². The van der Waals surface area contributed by atoms with Crippen LogP contribution < -0.4 is 4.74 Å². The minimum absolute atomic E-state index is 0.729. The second-order valence-corrected chi connectivity index (χ2v) is 4.42. The van der Waals surface area contributed by atoms with Crippen LogP contribution in [0.15, 0.2) is 24.3 Å². The van der Waals surface area contributed by atoms with Crippen LogP contribution in [0.25, 0.3) is 0 Å². The molecule has 1 aliphatic rings. The predicted molar refractivity (Wildman–Crippen MR) is 65.6 cm³/mol. The van der Waals surface area contributed by atoms with Crippen LogP contribution in [0, 0.1) is 12.0 Å². The number of nitrogens with zero attached hydrogens (tertiary/aromatic N) is 1. The zero-order valence-corrected chi connectivity index (χ0v) is 9.98. The highest BCUT2D eigenvalue weighted by molar-refractivity contribution is 5.20. The lowest BCUT2D eigenvalue weighted by Gasteiger charge is -2.30. The van der Waals surface area contributed by atoms with Crippen molar-refractivity contribution in [2.45, 2.75) is 19.8 Å². The molecule has 1 fully saturated rings. The lowest BCUT2D eigenvalue weighted by atomic mass is 9.98. The van der Waals surface area contributed by atoms with Crippen molar-refractivity contribution in [2.24, 2.45) is 5.92 Å². The van der Waals surface area contributed by atoms with Gasteiger partial charge in [0.2, 0.25) is 0 Å². The number of piperidine rings is 1. The van der Waals surface area contributed by atoms with Gasteiger partial charge in [-0.1, -0.05) is 19.1 Å². The van der Waals surface area contributed by atoms with Crippen molar-refractivity contribution in [3.05, 3.63) is 30.3 Å². The van der Waals surface area contributed by atoms with Gasteiger partial charge in [-0.2, -0.15) is 0 Å². The van der Waals surface area contributed by atoms with Crippen molar-refractivity contribution in [3.8, 4) is 5.75 Å². The summed E-state index contributed by atoms with van der Waals surface area (Å²) in [6.45, 7) is 6.74. The summed E-state index contributed by atoms with van der Waals surface area (Å²) in [6.07, 6.45) is 2.54. The maximum Gasteiger partial charge on any atom is 0.119 e. The van der Waals surface area contributed by atoms with E-state index in [0.29, 0.717) is 0 Å². The summed E-state index contributed by atoms with van der Waals surface area (Å²) in [7, 11) is 0. The monoisotopic (exact) mass is 218 g/mol. The number of ether oxygens (including phenoxy) is 1. The molecule has 0 atom stereocenters. The molecule has 16 heavy (non-hydrogen) atoms.